The summed E-state index contributed by atoms with van der Waals surface area (Å²) in [7, 11) is 0. The number of carbonyl (C=O) groups excluding carboxylic acids is 1. The largest absolute Gasteiger partial charge is 0.367 e. The van der Waals surface area contributed by atoms with Crippen molar-refractivity contribution < 1.29 is 9.53 Å². The second-order valence-corrected chi connectivity index (χ2v) is 5.01. The fraction of sp³-hybridized carbons (Fsp3) is 0.357. The summed E-state index contributed by atoms with van der Waals surface area (Å²) in [4.78, 5) is 32.6. The number of nitrogens with one attached hydrogen (secondary N) is 1. The van der Waals surface area contributed by atoms with Crippen molar-refractivity contribution in [3.63, 3.8) is 0 Å². The van der Waals surface area contributed by atoms with Gasteiger partial charge in [-0.15, -0.1) is 0 Å². The average Bonchev–Trinajstić information content (AvgIpc) is 2.54. The van der Waals surface area contributed by atoms with Crippen LogP contribution in [0.15, 0.2) is 29.3 Å². The third-order valence-electron chi connectivity index (χ3n) is 3.38. The molecule has 3 rings (SSSR count). The number of carbonyl (C=O) groups is 1. The summed E-state index contributed by atoms with van der Waals surface area (Å²) in [6.45, 7) is 2.93. The molecule has 0 radical (unpaired) electrons. The zero-order valence-corrected chi connectivity index (χ0v) is 12.0. The van der Waals surface area contributed by atoms with Crippen molar-refractivity contribution in [2.24, 2.45) is 0 Å². The molecule has 114 valence electrons. The predicted molar refractivity (Wildman–Crippen MR) is 76.2 cm³/mol. The van der Waals surface area contributed by atoms with Gasteiger partial charge in [-0.3, -0.25) is 9.59 Å². The molecular formula is C14H15N5O3. The summed E-state index contributed by atoms with van der Waals surface area (Å²) in [6.07, 6.45) is 2.46. The van der Waals surface area contributed by atoms with E-state index in [-0.39, 0.29) is 11.5 Å². The number of morpholine rings is 1. The van der Waals surface area contributed by atoms with E-state index in [1.54, 1.807) is 17.9 Å². The number of hydrogen-bond donors (Lipinski definition) is 1. The first-order chi connectivity index (χ1) is 10.6. The number of aromatic amines is 1. The monoisotopic (exact) mass is 301 g/mol. The Morgan fingerprint density at radius 2 is 2.32 bits per heavy atom. The van der Waals surface area contributed by atoms with Gasteiger partial charge in [-0.2, -0.15) is 10.2 Å². The van der Waals surface area contributed by atoms with Crippen LogP contribution in [0.1, 0.15) is 28.0 Å². The minimum absolute atomic E-state index is 0.141. The predicted octanol–water partition coefficient (Wildman–Crippen LogP) is 0.0820. The molecule has 0 aliphatic carbocycles. The maximum absolute atomic E-state index is 12.4. The second-order valence-electron chi connectivity index (χ2n) is 5.01. The first-order valence-corrected chi connectivity index (χ1v) is 6.89. The summed E-state index contributed by atoms with van der Waals surface area (Å²) < 4.78 is 5.64. The minimum Gasteiger partial charge on any atom is -0.367 e. The molecule has 0 saturated carbocycles. The Morgan fingerprint density at radius 1 is 1.45 bits per heavy atom. The van der Waals surface area contributed by atoms with Crippen LogP contribution < -0.4 is 5.56 Å². The Bertz CT molecular complexity index is 731. The highest BCUT2D eigenvalue weighted by atomic mass is 16.5. The SMILES string of the molecule is Cc1cc(=O)[nH]c(C2CN(C(=O)c3ccnnc3)CCO2)n1. The smallest absolute Gasteiger partial charge is 0.255 e. The highest BCUT2D eigenvalue weighted by molar-refractivity contribution is 5.93. The third-order valence-corrected chi connectivity index (χ3v) is 3.38. The van der Waals surface area contributed by atoms with Crippen molar-refractivity contribution in [3.05, 3.63) is 52.0 Å². The van der Waals surface area contributed by atoms with Crippen molar-refractivity contribution >= 4 is 5.91 Å². The Balaban J connectivity index is 1.79. The number of ether oxygens (including phenoxy) is 1. The molecule has 2 aromatic heterocycles. The minimum atomic E-state index is -0.444. The van der Waals surface area contributed by atoms with Crippen LogP contribution in [-0.2, 0) is 4.74 Å². The van der Waals surface area contributed by atoms with Crippen molar-refractivity contribution in [1.29, 1.82) is 0 Å². The molecule has 1 saturated heterocycles. The van der Waals surface area contributed by atoms with Crippen LogP contribution in [0, 0.1) is 6.92 Å². The molecular weight excluding hydrogens is 286 g/mol. The van der Waals surface area contributed by atoms with Gasteiger partial charge in [0.2, 0.25) is 0 Å². The maximum atomic E-state index is 12.4. The van der Waals surface area contributed by atoms with E-state index in [1.165, 1.54) is 18.5 Å². The molecule has 0 bridgehead atoms. The fourth-order valence-corrected chi connectivity index (χ4v) is 2.35. The first-order valence-electron chi connectivity index (χ1n) is 6.89. The molecule has 1 atom stereocenters. The van der Waals surface area contributed by atoms with Gasteiger partial charge in [0.15, 0.2) is 0 Å². The number of hydrogen-bond acceptors (Lipinski definition) is 6. The molecule has 1 aliphatic rings. The molecule has 22 heavy (non-hydrogen) atoms. The van der Waals surface area contributed by atoms with Gasteiger partial charge in [-0.1, -0.05) is 0 Å². The molecule has 1 aliphatic heterocycles. The number of H-pyrrole nitrogens is 1. The number of aryl methyl sites for hydroxylation is 1. The van der Waals surface area contributed by atoms with Crippen molar-refractivity contribution in [1.82, 2.24) is 25.1 Å². The van der Waals surface area contributed by atoms with E-state index in [0.717, 1.165) is 0 Å². The summed E-state index contributed by atoms with van der Waals surface area (Å²) in [5, 5.41) is 7.37. The summed E-state index contributed by atoms with van der Waals surface area (Å²) in [6, 6.07) is 3.03. The van der Waals surface area contributed by atoms with Crippen LogP contribution in [0.5, 0.6) is 0 Å². The van der Waals surface area contributed by atoms with E-state index in [1.807, 2.05) is 0 Å². The molecule has 0 spiro atoms. The van der Waals surface area contributed by atoms with Crippen LogP contribution in [0.3, 0.4) is 0 Å². The lowest BCUT2D eigenvalue weighted by molar-refractivity contribution is -0.0270. The van der Waals surface area contributed by atoms with E-state index < -0.39 is 6.10 Å². The standard InChI is InChI=1S/C14H15N5O3/c1-9-6-12(20)18-13(17-9)11-8-19(4-5-22-11)14(21)10-2-3-15-16-7-10/h2-3,6-7,11H,4-5,8H2,1H3,(H,17,18,20). The van der Waals surface area contributed by atoms with Crippen molar-refractivity contribution in [2.75, 3.05) is 19.7 Å². The first kappa shape index (κ1) is 14.3. The lowest BCUT2D eigenvalue weighted by atomic mass is 10.2. The number of amides is 1. The average molecular weight is 301 g/mol. The van der Waals surface area contributed by atoms with Crippen molar-refractivity contribution in [2.45, 2.75) is 13.0 Å². The van der Waals surface area contributed by atoms with Gasteiger partial charge >= 0.3 is 0 Å². The lowest BCUT2D eigenvalue weighted by Crippen LogP contribution is -2.43. The second kappa shape index (κ2) is 6.02. The van der Waals surface area contributed by atoms with Gasteiger partial charge < -0.3 is 14.6 Å². The lowest BCUT2D eigenvalue weighted by Gasteiger charge is -2.32. The van der Waals surface area contributed by atoms with Gasteiger partial charge in [0.05, 0.1) is 31.1 Å². The molecule has 3 heterocycles. The van der Waals surface area contributed by atoms with Gasteiger partial charge in [-0.25, -0.2) is 4.98 Å². The van der Waals surface area contributed by atoms with Crippen LogP contribution in [0.4, 0.5) is 0 Å². The van der Waals surface area contributed by atoms with E-state index in [2.05, 4.69) is 20.2 Å². The highest BCUT2D eigenvalue weighted by Crippen LogP contribution is 2.19. The van der Waals surface area contributed by atoms with Crippen LogP contribution in [0.25, 0.3) is 0 Å². The highest BCUT2D eigenvalue weighted by Gasteiger charge is 2.27. The molecule has 2 aromatic rings. The molecule has 1 amide bonds. The third kappa shape index (κ3) is 3.01. The van der Waals surface area contributed by atoms with E-state index >= 15 is 0 Å². The molecule has 0 aromatic carbocycles. The Labute approximate surface area is 126 Å². The van der Waals surface area contributed by atoms with Crippen molar-refractivity contribution in [3.8, 4) is 0 Å². The summed E-state index contributed by atoms with van der Waals surface area (Å²) >= 11 is 0. The Morgan fingerprint density at radius 3 is 3.05 bits per heavy atom. The van der Waals surface area contributed by atoms with Crippen LogP contribution in [0.2, 0.25) is 0 Å². The van der Waals surface area contributed by atoms with Gasteiger partial charge in [0.1, 0.15) is 11.9 Å². The Hall–Kier alpha value is -2.61. The summed E-state index contributed by atoms with van der Waals surface area (Å²) in [5.41, 5.74) is 0.860. The maximum Gasteiger partial charge on any atom is 0.255 e. The number of aromatic nitrogens is 4. The molecule has 1 fully saturated rings. The molecule has 8 heteroatoms. The normalized spacial score (nSPS) is 18.2. The van der Waals surface area contributed by atoms with E-state index in [4.69, 9.17) is 4.74 Å². The van der Waals surface area contributed by atoms with Crippen LogP contribution in [-0.4, -0.2) is 50.7 Å². The summed E-state index contributed by atoms with van der Waals surface area (Å²) in [5.74, 6) is 0.300. The van der Waals surface area contributed by atoms with E-state index in [0.29, 0.717) is 36.8 Å². The zero-order chi connectivity index (χ0) is 15.5. The quantitative estimate of drug-likeness (QED) is 0.843. The van der Waals surface area contributed by atoms with Gasteiger partial charge in [0.25, 0.3) is 11.5 Å². The number of nitrogens with zero attached hydrogens (tertiary/aromatic N) is 4. The fourth-order valence-electron chi connectivity index (χ4n) is 2.35. The topological polar surface area (TPSA) is 101 Å². The van der Waals surface area contributed by atoms with Crippen LogP contribution >= 0.6 is 0 Å². The van der Waals surface area contributed by atoms with Gasteiger partial charge in [0, 0.05) is 18.3 Å². The van der Waals surface area contributed by atoms with E-state index in [9.17, 15) is 9.59 Å². The molecule has 8 nitrogen and oxygen atoms in total. The Kier molecular flexibility index (Phi) is 3.92. The number of rotatable bonds is 2. The molecule has 1 unspecified atom stereocenters. The zero-order valence-electron chi connectivity index (χ0n) is 12.0. The van der Waals surface area contributed by atoms with Gasteiger partial charge in [-0.05, 0) is 13.0 Å². The molecule has 1 N–H and O–H groups in total.